The number of rotatable bonds is 8. The van der Waals surface area contributed by atoms with Gasteiger partial charge in [-0.3, -0.25) is 35.1 Å². The topological polar surface area (TPSA) is 155 Å². The van der Waals surface area contributed by atoms with Gasteiger partial charge >= 0.3 is 5.97 Å². The second-order valence-electron chi connectivity index (χ2n) is 17.0. The van der Waals surface area contributed by atoms with Crippen LogP contribution in [0.3, 0.4) is 0 Å². The average molecular weight is 2110 g/mol. The SMILES string of the molecule is CC(O)CC(C)O.Fc1c[c-]c(-c2ccccn2)c(F)c1.Fc1c[c-]c(-c2ccccn2)c(F)c1.Fc1c[c-]c(-c2ccccn2)c(F)c1.Fc1c[c-]c(-c2ccccn2)c(F)c1.O=C(O)c1ccccn1.[Ir].[Ir].[Ir].[Pt].[Pt].[c-]1ccccc1-c1ccccn1. The largest absolute Gasteiger partial charge is 0.477 e. The van der Waals surface area contributed by atoms with Crippen LogP contribution in [-0.4, -0.2) is 63.4 Å². The summed E-state index contributed by atoms with van der Waals surface area (Å²) in [6, 6.07) is 59.7. The van der Waals surface area contributed by atoms with E-state index in [2.05, 4.69) is 60.2 Å². The van der Waals surface area contributed by atoms with Gasteiger partial charge in [0.1, 0.15) is 5.69 Å². The van der Waals surface area contributed by atoms with Gasteiger partial charge in [0.05, 0.1) is 12.2 Å². The quantitative estimate of drug-likeness (QED) is 0.0989. The molecule has 5 aromatic carbocycles. The Labute approximate surface area is 579 Å². The van der Waals surface area contributed by atoms with Gasteiger partial charge in [-0.05, 0) is 91.2 Å². The number of nitrogens with zero attached hydrogens (tertiary/aromatic N) is 6. The molecule has 89 heavy (non-hydrogen) atoms. The Bertz CT molecular complexity index is 3310. The van der Waals surface area contributed by atoms with Gasteiger partial charge in [-0.15, -0.1) is 84.4 Å². The fraction of sp³-hybridized carbons (Fsp3) is 0.0758. The van der Waals surface area contributed by atoms with Crippen LogP contribution in [0.4, 0.5) is 35.1 Å². The Morgan fingerprint density at radius 1 is 0.393 bits per heavy atom. The Morgan fingerprint density at radius 3 is 0.854 bits per heavy atom. The summed E-state index contributed by atoms with van der Waals surface area (Å²) in [4.78, 5) is 33.7. The van der Waals surface area contributed by atoms with Crippen LogP contribution in [0.1, 0.15) is 30.8 Å². The first-order valence-corrected chi connectivity index (χ1v) is 25.0. The number of halogens is 8. The van der Waals surface area contributed by atoms with Crippen LogP contribution < -0.4 is 0 Å². The molecule has 0 spiro atoms. The molecule has 3 N–H and O–H groups in total. The van der Waals surface area contributed by atoms with Gasteiger partial charge in [0.25, 0.3) is 0 Å². The fourth-order valence-electron chi connectivity index (χ4n) is 6.67. The fourth-order valence-corrected chi connectivity index (χ4v) is 6.67. The zero-order chi connectivity index (χ0) is 60.6. The second-order valence-corrected chi connectivity index (χ2v) is 17.0. The monoisotopic (exact) mass is 2110 g/mol. The van der Waals surface area contributed by atoms with E-state index in [0.29, 0.717) is 29.2 Å². The zero-order valence-corrected chi connectivity index (χ0v) is 58.0. The molecule has 0 bridgehead atoms. The number of aromatic carboxylic acids is 1. The van der Waals surface area contributed by atoms with Crippen molar-refractivity contribution < 1.29 is 158 Å². The normalized spacial score (nSPS) is 10.1. The van der Waals surface area contributed by atoms with Gasteiger partial charge in [0, 0.05) is 186 Å². The van der Waals surface area contributed by atoms with E-state index in [1.54, 1.807) is 130 Å². The van der Waals surface area contributed by atoms with Crippen molar-refractivity contribution in [2.45, 2.75) is 32.5 Å². The third kappa shape index (κ3) is 30.5. The molecule has 2 unspecified atom stereocenters. The van der Waals surface area contributed by atoms with Crippen LogP contribution in [-0.2, 0) is 102 Å². The molecule has 0 saturated carbocycles. The molecule has 11 aromatic rings. The third-order valence-corrected chi connectivity index (χ3v) is 10.3. The number of hydrogen-bond donors (Lipinski definition) is 3. The summed E-state index contributed by atoms with van der Waals surface area (Å²) in [5.74, 6) is -6.14. The third-order valence-electron chi connectivity index (χ3n) is 10.3. The molecule has 6 aromatic heterocycles. The zero-order valence-electron chi connectivity index (χ0n) is 46.2. The van der Waals surface area contributed by atoms with Crippen molar-refractivity contribution in [1.29, 1.82) is 0 Å². The maximum atomic E-state index is 13.2. The number of carboxylic acids is 1. The van der Waals surface area contributed by atoms with Crippen LogP contribution in [0.25, 0.3) is 56.3 Å². The Morgan fingerprint density at radius 2 is 0.663 bits per heavy atom. The van der Waals surface area contributed by atoms with Crippen LogP contribution in [0, 0.1) is 76.9 Å². The summed E-state index contributed by atoms with van der Waals surface area (Å²) in [6.07, 6.45) is 9.15. The van der Waals surface area contributed by atoms with Crippen LogP contribution >= 0.6 is 0 Å². The van der Waals surface area contributed by atoms with E-state index in [4.69, 9.17) is 15.3 Å². The first-order valence-electron chi connectivity index (χ1n) is 25.0. The van der Waals surface area contributed by atoms with Gasteiger partial charge in [-0.1, -0.05) is 113 Å². The molecule has 0 aliphatic heterocycles. The smallest absolute Gasteiger partial charge is 0.354 e. The number of pyridine rings is 6. The van der Waals surface area contributed by atoms with Gasteiger partial charge in [-0.2, -0.15) is 0 Å². The maximum absolute atomic E-state index is 13.2. The minimum absolute atomic E-state index is 0. The summed E-state index contributed by atoms with van der Waals surface area (Å²) in [5.41, 5.74) is 4.64. The van der Waals surface area contributed by atoms with E-state index in [1.165, 1.54) is 12.3 Å². The van der Waals surface area contributed by atoms with E-state index >= 15 is 0 Å². The van der Waals surface area contributed by atoms with E-state index in [-0.39, 0.29) is 143 Å². The van der Waals surface area contributed by atoms with Crippen LogP contribution in [0.15, 0.2) is 219 Å². The van der Waals surface area contributed by atoms with Crippen molar-refractivity contribution >= 4 is 5.97 Å². The standard InChI is InChI=1S/4C11H6F2N.C11H8N.C6H5NO2.C5H12O2.3Ir.2Pt/c4*12-8-4-5-9(10(13)7-8)11-3-1-2-6-14-11;1-2-6-10(7-3-1)11-8-4-5-9-12-11;8-6(9)5-3-1-2-4-7-5;1-4(6)3-5(2)7;;;;;/h4*1-4,6-7H;1-6,8-9H;1-4H,(H,8,9);4-7H,3H2,1-2H3;;;;;/q5*-1;;;;;;;. The minimum Gasteiger partial charge on any atom is -0.477 e. The van der Waals surface area contributed by atoms with Crippen molar-refractivity contribution in [3.8, 4) is 56.3 Å². The van der Waals surface area contributed by atoms with E-state index in [9.17, 15) is 39.9 Å². The van der Waals surface area contributed by atoms with E-state index in [1.807, 2.05) is 42.5 Å². The molecule has 10 nitrogen and oxygen atoms in total. The predicted molar refractivity (Wildman–Crippen MR) is 301 cm³/mol. The maximum Gasteiger partial charge on any atom is 0.354 e. The van der Waals surface area contributed by atoms with Gasteiger partial charge in [0.2, 0.25) is 0 Å². The average Bonchev–Trinajstić information content (AvgIpc) is 3.20. The predicted octanol–water partition coefficient (Wildman–Crippen LogP) is 14.8. The molecule has 6 heterocycles. The molecule has 0 aliphatic rings. The number of benzene rings is 5. The van der Waals surface area contributed by atoms with Crippen molar-refractivity contribution in [3.63, 3.8) is 0 Å². The molecular formula is C66H49F8Ir3N6O4Pt2-5. The second kappa shape index (κ2) is 45.4. The van der Waals surface area contributed by atoms with Crippen molar-refractivity contribution in [2.24, 2.45) is 0 Å². The number of carbonyl (C=O) groups is 1. The molecule has 11 rings (SSSR count). The number of aliphatic hydroxyl groups excluding tert-OH is 2. The van der Waals surface area contributed by atoms with Crippen molar-refractivity contribution in [1.82, 2.24) is 29.9 Å². The van der Waals surface area contributed by atoms with Gasteiger partial charge < -0.3 is 40.2 Å². The van der Waals surface area contributed by atoms with Crippen molar-refractivity contribution in [3.05, 3.63) is 302 Å². The summed E-state index contributed by atoms with van der Waals surface area (Å²) in [6.45, 7) is 3.32. The molecule has 0 fully saturated rings. The number of aliphatic hydroxyl groups is 2. The van der Waals surface area contributed by atoms with Crippen molar-refractivity contribution in [2.75, 3.05) is 0 Å². The number of carboxylic acid groups (broad SMARTS) is 1. The summed E-state index contributed by atoms with van der Waals surface area (Å²) in [5, 5.41) is 25.4. The Hall–Kier alpha value is -6.85. The molecule has 475 valence electrons. The molecular weight excluding hydrogens is 2060 g/mol. The van der Waals surface area contributed by atoms with Gasteiger partial charge in [-0.25, -0.2) is 9.78 Å². The molecule has 0 amide bonds. The molecule has 3 radical (unpaired) electrons. The van der Waals surface area contributed by atoms with Gasteiger partial charge in [0.15, 0.2) is 0 Å². The first kappa shape index (κ1) is 82.2. The van der Waals surface area contributed by atoms with E-state index < -0.39 is 52.5 Å². The summed E-state index contributed by atoms with van der Waals surface area (Å²) in [7, 11) is 0. The number of aromatic nitrogens is 6. The summed E-state index contributed by atoms with van der Waals surface area (Å²) >= 11 is 0. The van der Waals surface area contributed by atoms with E-state index in [0.717, 1.165) is 59.8 Å². The van der Waals surface area contributed by atoms with Crippen LogP contribution in [0.5, 0.6) is 0 Å². The Balaban J connectivity index is 0.00000102. The molecule has 23 heteroatoms. The number of hydrogen-bond acceptors (Lipinski definition) is 9. The minimum atomic E-state index is -0.990. The Kier molecular flexibility index (Phi) is 41.9. The van der Waals surface area contributed by atoms with Crippen LogP contribution in [0.2, 0.25) is 0 Å². The molecule has 0 aliphatic carbocycles. The first-order chi connectivity index (χ1) is 40.5. The molecule has 0 saturated heterocycles. The summed E-state index contributed by atoms with van der Waals surface area (Å²) < 4.78 is 103. The molecule has 2 atom stereocenters.